The van der Waals surface area contributed by atoms with E-state index in [0.717, 1.165) is 32.0 Å². The van der Waals surface area contributed by atoms with Crippen molar-refractivity contribution in [2.24, 2.45) is 5.92 Å². The summed E-state index contributed by atoms with van der Waals surface area (Å²) in [5.74, 6) is 1.99. The fourth-order valence-electron chi connectivity index (χ4n) is 2.45. The fraction of sp³-hybridized carbons (Fsp3) is 0.688. The summed E-state index contributed by atoms with van der Waals surface area (Å²) in [6.07, 6.45) is 0. The number of rotatable bonds is 5. The lowest BCUT2D eigenvalue weighted by atomic mass is 10.2. The molecule has 5 nitrogen and oxygen atoms in total. The van der Waals surface area contributed by atoms with E-state index in [1.54, 1.807) is 0 Å². The topological polar surface area (TPSA) is 54.6 Å². The van der Waals surface area contributed by atoms with Crippen LogP contribution in [0.4, 0.5) is 11.5 Å². The molecule has 21 heavy (non-hydrogen) atoms. The molecule has 2 rings (SSSR count). The molecule has 0 aliphatic carbocycles. The summed E-state index contributed by atoms with van der Waals surface area (Å²) in [6, 6.07) is 4.49. The van der Waals surface area contributed by atoms with Crippen LogP contribution < -0.4 is 15.4 Å². The third-order valence-electron chi connectivity index (χ3n) is 3.80. The molecule has 5 heteroatoms. The van der Waals surface area contributed by atoms with Crippen molar-refractivity contribution in [3.63, 3.8) is 0 Å². The first-order valence-electron chi connectivity index (χ1n) is 7.85. The van der Waals surface area contributed by atoms with Gasteiger partial charge in [0.2, 0.25) is 5.88 Å². The Morgan fingerprint density at radius 3 is 2.38 bits per heavy atom. The number of pyridine rings is 1. The van der Waals surface area contributed by atoms with Gasteiger partial charge in [0.1, 0.15) is 5.82 Å². The summed E-state index contributed by atoms with van der Waals surface area (Å²) in [7, 11) is 0. The van der Waals surface area contributed by atoms with Crippen LogP contribution in [0.3, 0.4) is 0 Å². The van der Waals surface area contributed by atoms with E-state index in [9.17, 15) is 0 Å². The lowest BCUT2D eigenvalue weighted by Crippen LogP contribution is -2.49. The highest BCUT2D eigenvalue weighted by Crippen LogP contribution is 2.24. The molecular weight excluding hydrogens is 264 g/mol. The van der Waals surface area contributed by atoms with E-state index in [1.165, 1.54) is 0 Å². The average Bonchev–Trinajstić information content (AvgIpc) is 2.46. The molecular formula is C16H28N4O. The number of ether oxygens (including phenoxy) is 1. The molecule has 1 saturated heterocycles. The van der Waals surface area contributed by atoms with Crippen LogP contribution in [0.15, 0.2) is 12.1 Å². The Morgan fingerprint density at radius 1 is 1.14 bits per heavy atom. The number of piperazine rings is 1. The maximum atomic E-state index is 5.95. The number of hydrogen-bond acceptors (Lipinski definition) is 5. The van der Waals surface area contributed by atoms with Gasteiger partial charge in [0.15, 0.2) is 0 Å². The largest absolute Gasteiger partial charge is 0.476 e. The van der Waals surface area contributed by atoms with Crippen molar-refractivity contribution in [1.82, 2.24) is 9.88 Å². The molecule has 1 aliphatic heterocycles. The quantitative estimate of drug-likeness (QED) is 0.902. The molecule has 1 aromatic heterocycles. The zero-order valence-electron chi connectivity index (χ0n) is 13.7. The van der Waals surface area contributed by atoms with Gasteiger partial charge in [-0.25, -0.2) is 0 Å². The smallest absolute Gasteiger partial charge is 0.239 e. The Labute approximate surface area is 128 Å². The number of anilines is 2. The third-order valence-corrected chi connectivity index (χ3v) is 3.80. The van der Waals surface area contributed by atoms with Crippen molar-refractivity contribution >= 4 is 11.5 Å². The van der Waals surface area contributed by atoms with Gasteiger partial charge in [-0.15, -0.1) is 0 Å². The molecule has 0 unspecified atom stereocenters. The third kappa shape index (κ3) is 4.24. The van der Waals surface area contributed by atoms with Crippen molar-refractivity contribution in [2.75, 3.05) is 43.4 Å². The Morgan fingerprint density at radius 2 is 1.81 bits per heavy atom. The van der Waals surface area contributed by atoms with Crippen LogP contribution in [0.1, 0.15) is 27.7 Å². The molecule has 1 aromatic rings. The van der Waals surface area contributed by atoms with Gasteiger partial charge in [-0.1, -0.05) is 13.8 Å². The van der Waals surface area contributed by atoms with E-state index in [4.69, 9.17) is 10.5 Å². The molecule has 118 valence electrons. The highest BCUT2D eigenvalue weighted by molar-refractivity contribution is 5.54. The van der Waals surface area contributed by atoms with Crippen molar-refractivity contribution in [1.29, 1.82) is 0 Å². The molecule has 2 heterocycles. The van der Waals surface area contributed by atoms with Gasteiger partial charge in [-0.3, -0.25) is 4.90 Å². The summed E-state index contributed by atoms with van der Waals surface area (Å²) >= 11 is 0. The molecule has 0 bridgehead atoms. The van der Waals surface area contributed by atoms with E-state index < -0.39 is 0 Å². The van der Waals surface area contributed by atoms with Crippen molar-refractivity contribution in [3.8, 4) is 5.88 Å². The van der Waals surface area contributed by atoms with Gasteiger partial charge in [-0.05, 0) is 31.9 Å². The maximum absolute atomic E-state index is 5.95. The van der Waals surface area contributed by atoms with Crippen LogP contribution in [0.2, 0.25) is 0 Å². The molecule has 0 spiro atoms. The number of nitrogens with zero attached hydrogens (tertiary/aromatic N) is 3. The summed E-state index contributed by atoms with van der Waals surface area (Å²) in [4.78, 5) is 9.39. The number of aromatic nitrogens is 1. The zero-order valence-corrected chi connectivity index (χ0v) is 13.7. The minimum Gasteiger partial charge on any atom is -0.476 e. The minimum absolute atomic E-state index is 0.462. The SMILES string of the molecule is CC(C)COc1nc(N2CCN(C(C)C)CC2)ccc1N. The van der Waals surface area contributed by atoms with Crippen molar-refractivity contribution < 1.29 is 4.74 Å². The Balaban J connectivity index is 2.02. The first kappa shape index (κ1) is 15.9. The van der Waals surface area contributed by atoms with Gasteiger partial charge < -0.3 is 15.4 Å². The van der Waals surface area contributed by atoms with Gasteiger partial charge >= 0.3 is 0 Å². The summed E-state index contributed by atoms with van der Waals surface area (Å²) in [5, 5.41) is 0. The van der Waals surface area contributed by atoms with Gasteiger partial charge in [0.25, 0.3) is 0 Å². The monoisotopic (exact) mass is 292 g/mol. The second kappa shape index (κ2) is 6.98. The van der Waals surface area contributed by atoms with E-state index >= 15 is 0 Å². The molecule has 0 saturated carbocycles. The van der Waals surface area contributed by atoms with Crippen LogP contribution in [0.5, 0.6) is 5.88 Å². The lowest BCUT2D eigenvalue weighted by molar-refractivity contribution is 0.208. The van der Waals surface area contributed by atoms with Crippen LogP contribution >= 0.6 is 0 Å². The minimum atomic E-state index is 0.462. The standard InChI is InChI=1S/C16H28N4O/c1-12(2)11-21-16-14(17)5-6-15(18-16)20-9-7-19(8-10-20)13(3)4/h5-6,12-13H,7-11,17H2,1-4H3. The maximum Gasteiger partial charge on any atom is 0.239 e. The number of hydrogen-bond donors (Lipinski definition) is 1. The molecule has 1 aliphatic rings. The molecule has 2 N–H and O–H groups in total. The normalized spacial score (nSPS) is 16.8. The van der Waals surface area contributed by atoms with Crippen LogP contribution in [-0.2, 0) is 0 Å². The van der Waals surface area contributed by atoms with Gasteiger partial charge in [-0.2, -0.15) is 4.98 Å². The van der Waals surface area contributed by atoms with Crippen molar-refractivity contribution in [2.45, 2.75) is 33.7 Å². The zero-order chi connectivity index (χ0) is 15.4. The summed E-state index contributed by atoms with van der Waals surface area (Å²) in [5.41, 5.74) is 6.56. The average molecular weight is 292 g/mol. The summed E-state index contributed by atoms with van der Waals surface area (Å²) in [6.45, 7) is 13.5. The van der Waals surface area contributed by atoms with Gasteiger partial charge in [0, 0.05) is 32.2 Å². The summed E-state index contributed by atoms with van der Waals surface area (Å²) < 4.78 is 5.72. The molecule has 1 fully saturated rings. The predicted octanol–water partition coefficient (Wildman–Crippen LogP) is 2.23. The molecule has 0 aromatic carbocycles. The predicted molar refractivity (Wildman–Crippen MR) is 87.9 cm³/mol. The second-order valence-corrected chi connectivity index (χ2v) is 6.39. The highest BCUT2D eigenvalue weighted by atomic mass is 16.5. The highest BCUT2D eigenvalue weighted by Gasteiger charge is 2.20. The van der Waals surface area contributed by atoms with Gasteiger partial charge in [0.05, 0.1) is 12.3 Å². The number of nitrogens with two attached hydrogens (primary N) is 1. The fourth-order valence-corrected chi connectivity index (χ4v) is 2.45. The first-order valence-corrected chi connectivity index (χ1v) is 7.85. The Kier molecular flexibility index (Phi) is 5.28. The molecule has 0 radical (unpaired) electrons. The second-order valence-electron chi connectivity index (χ2n) is 6.39. The Bertz CT molecular complexity index is 454. The van der Waals surface area contributed by atoms with E-state index in [2.05, 4.69) is 42.5 Å². The van der Waals surface area contributed by atoms with E-state index in [1.807, 2.05) is 12.1 Å². The molecule has 0 amide bonds. The van der Waals surface area contributed by atoms with E-state index in [-0.39, 0.29) is 0 Å². The Hall–Kier alpha value is -1.49. The molecule has 0 atom stereocenters. The van der Waals surface area contributed by atoms with Crippen LogP contribution in [0.25, 0.3) is 0 Å². The lowest BCUT2D eigenvalue weighted by Gasteiger charge is -2.37. The first-order chi connectivity index (χ1) is 9.97. The number of nitrogen functional groups attached to an aromatic ring is 1. The van der Waals surface area contributed by atoms with E-state index in [0.29, 0.717) is 30.1 Å². The van der Waals surface area contributed by atoms with Crippen molar-refractivity contribution in [3.05, 3.63) is 12.1 Å². The van der Waals surface area contributed by atoms with Crippen LogP contribution in [0, 0.1) is 5.92 Å². The van der Waals surface area contributed by atoms with Crippen LogP contribution in [-0.4, -0.2) is 48.7 Å².